The fourth-order valence-electron chi connectivity index (χ4n) is 4.50. The minimum atomic E-state index is -3.73. The Bertz CT molecular complexity index is 1030. The van der Waals surface area contributed by atoms with Crippen molar-refractivity contribution in [2.24, 2.45) is 0 Å². The molecule has 0 saturated carbocycles. The fourth-order valence-corrected chi connectivity index (χ4v) is 6.03. The van der Waals surface area contributed by atoms with E-state index in [1.807, 2.05) is 23.1 Å². The molecule has 32 heavy (non-hydrogen) atoms. The van der Waals surface area contributed by atoms with E-state index in [1.54, 1.807) is 6.07 Å². The van der Waals surface area contributed by atoms with Crippen molar-refractivity contribution in [3.63, 3.8) is 0 Å². The van der Waals surface area contributed by atoms with Crippen LogP contribution in [0.15, 0.2) is 53.4 Å². The standard InChI is InChI=1S/C23H30N4O4S/c28-27(29)23-18-21(32(30,31)26-12-6-1-2-7-13-26)10-11-22(23)25-16-14-24(15-17-25)19-20-8-4-3-5-9-20/h3-5,8-11,18H,1-2,6-7,12-17,19H2. The summed E-state index contributed by atoms with van der Waals surface area (Å²) in [7, 11) is -3.73. The number of nitrogens with zero attached hydrogens (tertiary/aromatic N) is 4. The molecule has 0 N–H and O–H groups in total. The van der Waals surface area contributed by atoms with Gasteiger partial charge in [0.1, 0.15) is 5.69 Å². The van der Waals surface area contributed by atoms with Crippen LogP contribution >= 0.6 is 0 Å². The van der Waals surface area contributed by atoms with Gasteiger partial charge in [0.05, 0.1) is 9.82 Å². The third kappa shape index (κ3) is 5.11. The third-order valence-corrected chi connectivity index (χ3v) is 8.20. The van der Waals surface area contributed by atoms with E-state index >= 15 is 0 Å². The lowest BCUT2D eigenvalue weighted by atomic mass is 10.2. The number of nitro groups is 1. The molecule has 8 nitrogen and oxygen atoms in total. The molecule has 2 aliphatic heterocycles. The van der Waals surface area contributed by atoms with Crippen LogP contribution in [-0.4, -0.2) is 61.8 Å². The number of piperazine rings is 1. The number of sulfonamides is 1. The van der Waals surface area contributed by atoms with Crippen LogP contribution in [0.2, 0.25) is 0 Å². The topological polar surface area (TPSA) is 87.0 Å². The first kappa shape index (κ1) is 22.7. The van der Waals surface area contributed by atoms with Crippen molar-refractivity contribution in [3.8, 4) is 0 Å². The maximum absolute atomic E-state index is 13.1. The second kappa shape index (κ2) is 9.97. The summed E-state index contributed by atoms with van der Waals surface area (Å²) in [5.41, 5.74) is 1.59. The predicted molar refractivity (Wildman–Crippen MR) is 124 cm³/mol. The third-order valence-electron chi connectivity index (χ3n) is 6.31. The second-order valence-electron chi connectivity index (χ2n) is 8.47. The Morgan fingerprint density at radius 3 is 2.12 bits per heavy atom. The van der Waals surface area contributed by atoms with Crippen LogP contribution in [0.3, 0.4) is 0 Å². The van der Waals surface area contributed by atoms with E-state index in [9.17, 15) is 18.5 Å². The van der Waals surface area contributed by atoms with Gasteiger partial charge >= 0.3 is 0 Å². The molecular weight excluding hydrogens is 428 g/mol. The van der Waals surface area contributed by atoms with Gasteiger partial charge in [0.15, 0.2) is 0 Å². The minimum Gasteiger partial charge on any atom is -0.363 e. The Labute approximate surface area is 189 Å². The molecule has 9 heteroatoms. The molecule has 0 aromatic heterocycles. The van der Waals surface area contributed by atoms with E-state index in [-0.39, 0.29) is 10.6 Å². The quantitative estimate of drug-likeness (QED) is 0.487. The van der Waals surface area contributed by atoms with Gasteiger partial charge in [0.2, 0.25) is 10.0 Å². The summed E-state index contributed by atoms with van der Waals surface area (Å²) in [5.74, 6) is 0. The Morgan fingerprint density at radius 2 is 1.50 bits per heavy atom. The van der Waals surface area contributed by atoms with Gasteiger partial charge in [0.25, 0.3) is 5.69 Å². The summed E-state index contributed by atoms with van der Waals surface area (Å²) < 4.78 is 27.7. The lowest BCUT2D eigenvalue weighted by Crippen LogP contribution is -2.46. The van der Waals surface area contributed by atoms with Crippen molar-refractivity contribution >= 4 is 21.4 Å². The van der Waals surface area contributed by atoms with Crippen LogP contribution in [0.1, 0.15) is 31.2 Å². The van der Waals surface area contributed by atoms with Crippen molar-refractivity contribution in [1.29, 1.82) is 0 Å². The molecule has 2 aromatic rings. The highest BCUT2D eigenvalue weighted by atomic mass is 32.2. The molecule has 0 aliphatic carbocycles. The summed E-state index contributed by atoms with van der Waals surface area (Å²) in [6.45, 7) is 4.70. The maximum atomic E-state index is 13.1. The summed E-state index contributed by atoms with van der Waals surface area (Å²) in [6.07, 6.45) is 3.68. The predicted octanol–water partition coefficient (Wildman–Crippen LogP) is 3.48. The molecule has 0 unspecified atom stereocenters. The molecule has 0 atom stereocenters. The molecule has 2 aromatic carbocycles. The van der Waals surface area contributed by atoms with Gasteiger partial charge in [-0.15, -0.1) is 0 Å². The summed E-state index contributed by atoms with van der Waals surface area (Å²) >= 11 is 0. The molecule has 2 aliphatic rings. The average Bonchev–Trinajstić information content (AvgIpc) is 3.10. The number of anilines is 1. The van der Waals surface area contributed by atoms with Gasteiger partial charge in [-0.25, -0.2) is 8.42 Å². The zero-order valence-corrected chi connectivity index (χ0v) is 19.0. The van der Waals surface area contributed by atoms with Crippen LogP contribution in [0.5, 0.6) is 0 Å². The Morgan fingerprint density at radius 1 is 0.844 bits per heavy atom. The van der Waals surface area contributed by atoms with Gasteiger partial charge in [-0.2, -0.15) is 4.31 Å². The van der Waals surface area contributed by atoms with Crippen molar-refractivity contribution in [2.45, 2.75) is 37.1 Å². The minimum absolute atomic E-state index is 0.0116. The Kier molecular flexibility index (Phi) is 7.07. The number of rotatable bonds is 6. The molecule has 2 saturated heterocycles. The first-order valence-corrected chi connectivity index (χ1v) is 12.7. The number of benzene rings is 2. The van der Waals surface area contributed by atoms with E-state index in [2.05, 4.69) is 17.0 Å². The van der Waals surface area contributed by atoms with Crippen LogP contribution in [0.25, 0.3) is 0 Å². The molecular formula is C23H30N4O4S. The lowest BCUT2D eigenvalue weighted by Gasteiger charge is -2.36. The fraction of sp³-hybridized carbons (Fsp3) is 0.478. The van der Waals surface area contributed by atoms with Crippen LogP contribution in [-0.2, 0) is 16.6 Å². The van der Waals surface area contributed by atoms with Crippen molar-refractivity contribution in [2.75, 3.05) is 44.2 Å². The van der Waals surface area contributed by atoms with E-state index < -0.39 is 14.9 Å². The Hall–Kier alpha value is -2.49. The molecule has 0 amide bonds. The van der Waals surface area contributed by atoms with E-state index in [0.717, 1.165) is 45.3 Å². The first-order valence-electron chi connectivity index (χ1n) is 11.2. The monoisotopic (exact) mass is 458 g/mol. The summed E-state index contributed by atoms with van der Waals surface area (Å²) in [5, 5.41) is 11.8. The average molecular weight is 459 g/mol. The van der Waals surface area contributed by atoms with Crippen LogP contribution < -0.4 is 4.90 Å². The van der Waals surface area contributed by atoms with Crippen molar-refractivity contribution < 1.29 is 13.3 Å². The Balaban J connectivity index is 1.49. The molecule has 4 rings (SSSR count). The highest BCUT2D eigenvalue weighted by Crippen LogP contribution is 2.33. The molecule has 2 heterocycles. The molecule has 0 radical (unpaired) electrons. The number of hydrogen-bond donors (Lipinski definition) is 0. The highest BCUT2D eigenvalue weighted by Gasteiger charge is 2.30. The normalized spacial score (nSPS) is 18.9. The van der Waals surface area contributed by atoms with Crippen LogP contribution in [0.4, 0.5) is 11.4 Å². The maximum Gasteiger partial charge on any atom is 0.293 e. The van der Waals surface area contributed by atoms with Gasteiger partial charge in [0, 0.05) is 51.9 Å². The highest BCUT2D eigenvalue weighted by molar-refractivity contribution is 7.89. The zero-order valence-electron chi connectivity index (χ0n) is 18.2. The van der Waals surface area contributed by atoms with Crippen molar-refractivity contribution in [1.82, 2.24) is 9.21 Å². The zero-order chi connectivity index (χ0) is 22.6. The second-order valence-corrected chi connectivity index (χ2v) is 10.4. The number of nitro benzene ring substituents is 1. The summed E-state index contributed by atoms with van der Waals surface area (Å²) in [4.78, 5) is 15.7. The molecule has 172 valence electrons. The van der Waals surface area contributed by atoms with E-state index in [4.69, 9.17) is 0 Å². The van der Waals surface area contributed by atoms with Gasteiger partial charge in [-0.05, 0) is 30.5 Å². The smallest absolute Gasteiger partial charge is 0.293 e. The van der Waals surface area contributed by atoms with Gasteiger partial charge in [-0.3, -0.25) is 15.0 Å². The van der Waals surface area contributed by atoms with Gasteiger partial charge in [-0.1, -0.05) is 43.2 Å². The van der Waals surface area contributed by atoms with Crippen LogP contribution in [0, 0.1) is 10.1 Å². The largest absolute Gasteiger partial charge is 0.363 e. The molecule has 0 spiro atoms. The molecule has 2 fully saturated rings. The first-order chi connectivity index (χ1) is 15.4. The SMILES string of the molecule is O=[N+]([O-])c1cc(S(=O)(=O)N2CCCCCC2)ccc1N1CCN(Cc2ccccc2)CC1. The molecule has 0 bridgehead atoms. The van der Waals surface area contributed by atoms with Gasteiger partial charge < -0.3 is 4.90 Å². The summed E-state index contributed by atoms with van der Waals surface area (Å²) in [6, 6.07) is 14.6. The lowest BCUT2D eigenvalue weighted by molar-refractivity contribution is -0.384. The van der Waals surface area contributed by atoms with E-state index in [0.29, 0.717) is 31.9 Å². The number of hydrogen-bond acceptors (Lipinski definition) is 6. The van der Waals surface area contributed by atoms with E-state index in [1.165, 1.54) is 22.0 Å². The van der Waals surface area contributed by atoms with Crippen molar-refractivity contribution in [3.05, 3.63) is 64.2 Å².